The molecule has 2 aromatic heterocycles. The molecule has 0 radical (unpaired) electrons. The van der Waals surface area contributed by atoms with Gasteiger partial charge in [-0.2, -0.15) is 0 Å². The van der Waals surface area contributed by atoms with Gasteiger partial charge in [-0.25, -0.2) is 4.79 Å². The van der Waals surface area contributed by atoms with Crippen LogP contribution in [0.25, 0.3) is 11.5 Å². The summed E-state index contributed by atoms with van der Waals surface area (Å²) in [5.41, 5.74) is -0.427. The molecule has 3 atom stereocenters. The van der Waals surface area contributed by atoms with Crippen molar-refractivity contribution in [1.29, 1.82) is 0 Å². The smallest absolute Gasteiger partial charge is 0.336 e. The quantitative estimate of drug-likeness (QED) is 0.811. The second kappa shape index (κ2) is 5.11. The van der Waals surface area contributed by atoms with Gasteiger partial charge in [0.25, 0.3) is 0 Å². The molecule has 0 aliphatic carbocycles. The summed E-state index contributed by atoms with van der Waals surface area (Å²) in [4.78, 5) is 15.3. The van der Waals surface area contributed by atoms with Crippen molar-refractivity contribution in [2.45, 2.75) is 43.4 Å². The van der Waals surface area contributed by atoms with Gasteiger partial charge in [0, 0.05) is 5.92 Å². The van der Waals surface area contributed by atoms with E-state index < -0.39 is 16.3 Å². The summed E-state index contributed by atoms with van der Waals surface area (Å²) in [7, 11) is 0. The summed E-state index contributed by atoms with van der Waals surface area (Å²) in [6.45, 7) is 7.66. The first-order valence-electron chi connectivity index (χ1n) is 7.98. The summed E-state index contributed by atoms with van der Waals surface area (Å²) >= 11 is 7.19. The first-order chi connectivity index (χ1) is 11.7. The van der Waals surface area contributed by atoms with Crippen molar-refractivity contribution >= 4 is 34.9 Å². The number of aliphatic carboxylic acids is 1. The predicted octanol–water partition coefficient (Wildman–Crippen LogP) is 3.65. The molecule has 0 amide bonds. The third kappa shape index (κ3) is 1.84. The number of aromatic nitrogens is 1. The third-order valence-corrected chi connectivity index (χ3v) is 7.56. The van der Waals surface area contributed by atoms with E-state index in [0.29, 0.717) is 27.8 Å². The fourth-order valence-electron chi connectivity index (χ4n) is 4.07. The number of aryl methyl sites for hydroxylation is 1. The molecule has 0 bridgehead atoms. The van der Waals surface area contributed by atoms with Crippen molar-refractivity contribution in [3.63, 3.8) is 0 Å². The number of nitrogens with zero attached hydrogens (tertiary/aromatic N) is 2. The number of fused-ring (bicyclic) bond motifs is 1. The molecule has 2 fully saturated rings. The van der Waals surface area contributed by atoms with Crippen molar-refractivity contribution in [1.82, 2.24) is 10.1 Å². The maximum Gasteiger partial charge on any atom is 0.336 e. The van der Waals surface area contributed by atoms with Crippen LogP contribution in [0.2, 0.25) is 0 Å². The topological polar surface area (TPSA) is 79.7 Å². The maximum absolute atomic E-state index is 12.7. The van der Waals surface area contributed by atoms with E-state index in [-0.39, 0.29) is 11.3 Å². The van der Waals surface area contributed by atoms with Crippen molar-refractivity contribution in [3.05, 3.63) is 29.7 Å². The molecule has 2 saturated heterocycles. The van der Waals surface area contributed by atoms with Crippen molar-refractivity contribution < 1.29 is 18.8 Å². The summed E-state index contributed by atoms with van der Waals surface area (Å²) in [6, 6.07) is 3.49. The van der Waals surface area contributed by atoms with E-state index >= 15 is 0 Å². The largest absolute Gasteiger partial charge is 0.479 e. The van der Waals surface area contributed by atoms with Gasteiger partial charge < -0.3 is 18.9 Å². The minimum absolute atomic E-state index is 0.0253. The van der Waals surface area contributed by atoms with Crippen LogP contribution in [0, 0.1) is 12.8 Å². The Morgan fingerprint density at radius 3 is 2.80 bits per heavy atom. The molecule has 2 aliphatic heterocycles. The molecule has 0 saturated carbocycles. The zero-order valence-corrected chi connectivity index (χ0v) is 15.9. The number of hydrogen-bond acceptors (Lipinski definition) is 6. The average Bonchev–Trinajstić information content (AvgIpc) is 3.23. The van der Waals surface area contributed by atoms with E-state index in [1.807, 2.05) is 25.7 Å². The molecule has 0 unspecified atom stereocenters. The van der Waals surface area contributed by atoms with Crippen LogP contribution in [0.15, 0.2) is 27.3 Å². The Hall–Kier alpha value is -1.80. The normalized spacial score (nSPS) is 30.2. The Bertz CT molecular complexity index is 873. The number of carbonyl (C=O) groups is 1. The lowest BCUT2D eigenvalue weighted by atomic mass is 9.74. The predicted molar refractivity (Wildman–Crippen MR) is 97.3 cm³/mol. The maximum atomic E-state index is 12.7. The number of carboxylic acids is 1. The first-order valence-corrected chi connectivity index (χ1v) is 9.27. The minimum Gasteiger partial charge on any atom is -0.479 e. The fraction of sp³-hybridized carbons (Fsp3) is 0.471. The number of hydrogen-bond donors (Lipinski definition) is 1. The summed E-state index contributed by atoms with van der Waals surface area (Å²) in [6.07, 6.45) is 1.53. The van der Waals surface area contributed by atoms with E-state index in [9.17, 15) is 9.90 Å². The molecule has 2 aliphatic rings. The second-order valence-electron chi connectivity index (χ2n) is 6.97. The zero-order valence-electron chi connectivity index (χ0n) is 14.3. The fourth-order valence-corrected chi connectivity index (χ4v) is 6.37. The van der Waals surface area contributed by atoms with Crippen molar-refractivity contribution in [2.75, 3.05) is 0 Å². The lowest BCUT2D eigenvalue weighted by molar-refractivity contribution is -0.152. The molecule has 2 aromatic rings. The SMILES string of the molecule is Cc1onc(-c2ccco2)c1[C@@]1(C(=O)O)N2C(=S)[C@@H](C)[C@H]2SC1(C)C. The molecular formula is C17H18N2O4S2. The Morgan fingerprint density at radius 1 is 1.48 bits per heavy atom. The van der Waals surface area contributed by atoms with Gasteiger partial charge in [0.1, 0.15) is 5.76 Å². The highest BCUT2D eigenvalue weighted by atomic mass is 32.2. The van der Waals surface area contributed by atoms with Crippen LogP contribution in [-0.2, 0) is 10.3 Å². The number of rotatable bonds is 3. The van der Waals surface area contributed by atoms with Crippen LogP contribution in [0.1, 0.15) is 32.1 Å². The molecule has 6 nitrogen and oxygen atoms in total. The van der Waals surface area contributed by atoms with Gasteiger partial charge in [-0.3, -0.25) is 0 Å². The monoisotopic (exact) mass is 378 g/mol. The summed E-state index contributed by atoms with van der Waals surface area (Å²) in [5.74, 6) is 0.148. The Kier molecular flexibility index (Phi) is 3.40. The molecule has 0 spiro atoms. The van der Waals surface area contributed by atoms with Crippen LogP contribution >= 0.6 is 24.0 Å². The number of thioether (sulfide) groups is 1. The van der Waals surface area contributed by atoms with Crippen LogP contribution in [0.5, 0.6) is 0 Å². The van der Waals surface area contributed by atoms with E-state index in [1.54, 1.807) is 30.8 Å². The van der Waals surface area contributed by atoms with Crippen LogP contribution in [0.4, 0.5) is 0 Å². The Morgan fingerprint density at radius 2 is 2.20 bits per heavy atom. The highest BCUT2D eigenvalue weighted by molar-refractivity contribution is 8.01. The van der Waals surface area contributed by atoms with Gasteiger partial charge in [-0.15, -0.1) is 11.8 Å². The van der Waals surface area contributed by atoms with E-state index in [2.05, 4.69) is 5.16 Å². The van der Waals surface area contributed by atoms with Gasteiger partial charge in [0.2, 0.25) is 0 Å². The van der Waals surface area contributed by atoms with Crippen LogP contribution < -0.4 is 0 Å². The second-order valence-corrected chi connectivity index (χ2v) is 9.13. The van der Waals surface area contributed by atoms with Crippen LogP contribution in [0.3, 0.4) is 0 Å². The molecular weight excluding hydrogens is 360 g/mol. The van der Waals surface area contributed by atoms with Gasteiger partial charge >= 0.3 is 5.97 Å². The molecule has 4 heterocycles. The Balaban J connectivity index is 2.03. The third-order valence-electron chi connectivity index (χ3n) is 5.25. The van der Waals surface area contributed by atoms with Crippen molar-refractivity contribution in [2.24, 2.45) is 5.92 Å². The standard InChI is InChI=1S/C17H18N2O4S2/c1-8-13(24)19-14(8)25-16(3,4)17(19,15(20)21)11-9(2)23-18-12(11)10-6-5-7-22-10/h5-8,14H,1-4H3,(H,20,21)/t8-,14-,17+/m1/s1. The first kappa shape index (κ1) is 16.7. The minimum atomic E-state index is -1.36. The van der Waals surface area contributed by atoms with E-state index in [0.717, 1.165) is 0 Å². The van der Waals surface area contributed by atoms with Gasteiger partial charge in [0.15, 0.2) is 17.0 Å². The summed E-state index contributed by atoms with van der Waals surface area (Å²) < 4.78 is 10.3. The Labute approximate surface area is 154 Å². The molecule has 132 valence electrons. The lowest BCUT2D eigenvalue weighted by Crippen LogP contribution is -2.67. The number of furan rings is 1. The number of thiocarbonyl (C=S) groups is 1. The van der Waals surface area contributed by atoms with Gasteiger partial charge in [0.05, 0.1) is 26.9 Å². The highest BCUT2D eigenvalue weighted by Crippen LogP contribution is 2.64. The number of carboxylic acid groups (broad SMARTS) is 1. The molecule has 1 N–H and O–H groups in total. The molecule has 25 heavy (non-hydrogen) atoms. The molecule has 4 rings (SSSR count). The van der Waals surface area contributed by atoms with E-state index in [1.165, 1.54) is 6.26 Å². The average molecular weight is 378 g/mol. The lowest BCUT2D eigenvalue weighted by Gasteiger charge is -2.51. The zero-order chi connectivity index (χ0) is 18.1. The van der Waals surface area contributed by atoms with Gasteiger partial charge in [-0.05, 0) is 32.9 Å². The van der Waals surface area contributed by atoms with Crippen LogP contribution in [-0.4, -0.2) is 36.2 Å². The van der Waals surface area contributed by atoms with Gasteiger partial charge in [-0.1, -0.05) is 24.3 Å². The highest BCUT2D eigenvalue weighted by Gasteiger charge is 2.72. The van der Waals surface area contributed by atoms with E-state index in [4.69, 9.17) is 21.2 Å². The molecule has 8 heteroatoms. The van der Waals surface area contributed by atoms with Crippen molar-refractivity contribution in [3.8, 4) is 11.5 Å². The summed E-state index contributed by atoms with van der Waals surface area (Å²) in [5, 5.41) is 14.6. The molecule has 0 aromatic carbocycles.